The molecule has 0 spiro atoms. The van der Waals surface area contributed by atoms with Gasteiger partial charge in [-0.3, -0.25) is 14.5 Å². The number of fused-ring (bicyclic) bond motifs is 1. The van der Waals surface area contributed by atoms with Crippen LogP contribution in [-0.2, 0) is 9.59 Å². The number of thioether (sulfide) groups is 1. The van der Waals surface area contributed by atoms with Crippen LogP contribution in [0, 0.1) is 6.92 Å². The lowest BCUT2D eigenvalue weighted by Crippen LogP contribution is -2.42. The van der Waals surface area contributed by atoms with Crippen LogP contribution in [0.1, 0.15) is 35.3 Å². The first-order valence-corrected chi connectivity index (χ1v) is 14.1. The number of nitrogens with zero attached hydrogens (tertiary/aromatic N) is 3. The molecule has 0 saturated carbocycles. The Labute approximate surface area is 232 Å². The lowest BCUT2D eigenvalue weighted by Gasteiger charge is -2.23. The Morgan fingerprint density at radius 1 is 1.05 bits per heavy atom. The van der Waals surface area contributed by atoms with E-state index in [-0.39, 0.29) is 29.4 Å². The number of carbonyl (C=O) groups excluding carboxylic acids is 2. The van der Waals surface area contributed by atoms with E-state index in [2.05, 4.69) is 5.32 Å². The minimum absolute atomic E-state index is 0.0899. The van der Waals surface area contributed by atoms with Gasteiger partial charge in [-0.15, -0.1) is 11.8 Å². The molecule has 0 aliphatic carbocycles. The Morgan fingerprint density at radius 2 is 1.76 bits per heavy atom. The van der Waals surface area contributed by atoms with Crippen molar-refractivity contribution in [1.82, 2.24) is 15.1 Å². The van der Waals surface area contributed by atoms with Gasteiger partial charge in [-0.05, 0) is 37.1 Å². The molecule has 0 saturated heterocycles. The zero-order valence-electron chi connectivity index (χ0n) is 21.4. The maximum atomic E-state index is 13.7. The minimum Gasteiger partial charge on any atom is -0.355 e. The molecule has 5 rings (SSSR count). The lowest BCUT2D eigenvalue weighted by molar-refractivity contribution is -0.122. The highest BCUT2D eigenvalue weighted by Gasteiger charge is 2.38. The molecule has 8 heteroatoms. The van der Waals surface area contributed by atoms with Gasteiger partial charge in [0.15, 0.2) is 0 Å². The van der Waals surface area contributed by atoms with Crippen molar-refractivity contribution in [2.75, 3.05) is 23.7 Å². The number of hydrogen-bond donors (Lipinski definition) is 1. The summed E-state index contributed by atoms with van der Waals surface area (Å²) in [6, 6.07) is 25.7. The normalized spacial score (nSPS) is 15.2. The number of nitrogens with one attached hydrogen (secondary N) is 1. The van der Waals surface area contributed by atoms with Gasteiger partial charge in [-0.2, -0.15) is 5.10 Å². The van der Waals surface area contributed by atoms with E-state index in [0.717, 1.165) is 40.1 Å². The number of aryl methyl sites for hydroxylation is 1. The third-order valence-corrected chi connectivity index (χ3v) is 8.06. The average molecular weight is 545 g/mol. The van der Waals surface area contributed by atoms with Gasteiger partial charge in [0.25, 0.3) is 0 Å². The summed E-state index contributed by atoms with van der Waals surface area (Å²) in [5, 5.41) is 8.38. The van der Waals surface area contributed by atoms with Crippen LogP contribution >= 0.6 is 23.4 Å². The largest absolute Gasteiger partial charge is 0.355 e. The molecule has 1 atom stereocenters. The molecule has 2 heterocycles. The number of benzene rings is 3. The Hall–Kier alpha value is -3.55. The number of rotatable bonds is 7. The van der Waals surface area contributed by atoms with Crippen LogP contribution in [0.5, 0.6) is 0 Å². The maximum absolute atomic E-state index is 13.7. The van der Waals surface area contributed by atoms with Crippen LogP contribution in [0.4, 0.5) is 5.82 Å². The van der Waals surface area contributed by atoms with Gasteiger partial charge >= 0.3 is 0 Å². The van der Waals surface area contributed by atoms with Gasteiger partial charge in [-0.25, -0.2) is 4.68 Å². The van der Waals surface area contributed by atoms with Crippen molar-refractivity contribution >= 4 is 41.0 Å². The third kappa shape index (κ3) is 5.22. The van der Waals surface area contributed by atoms with Crippen molar-refractivity contribution < 1.29 is 9.59 Å². The van der Waals surface area contributed by atoms with Gasteiger partial charge in [0, 0.05) is 22.7 Å². The Bertz CT molecular complexity index is 1450. The molecule has 1 aromatic heterocycles. The number of hydrogen-bond acceptors (Lipinski definition) is 4. The second-order valence-electron chi connectivity index (χ2n) is 9.24. The van der Waals surface area contributed by atoms with Crippen molar-refractivity contribution in [3.8, 4) is 16.9 Å². The fraction of sp³-hybridized carbons (Fsp3) is 0.233. The summed E-state index contributed by atoms with van der Waals surface area (Å²) < 4.78 is 1.80. The van der Waals surface area contributed by atoms with Crippen LogP contribution in [0.2, 0.25) is 5.02 Å². The van der Waals surface area contributed by atoms with Gasteiger partial charge < -0.3 is 5.32 Å². The number of carbonyl (C=O) groups is 2. The Kier molecular flexibility index (Phi) is 7.86. The van der Waals surface area contributed by atoms with Crippen molar-refractivity contribution in [3.63, 3.8) is 0 Å². The second-order valence-corrected chi connectivity index (χ2v) is 10.7. The summed E-state index contributed by atoms with van der Waals surface area (Å²) >= 11 is 8.24. The summed E-state index contributed by atoms with van der Waals surface area (Å²) in [6.45, 7) is 4.49. The van der Waals surface area contributed by atoms with E-state index in [0.29, 0.717) is 17.4 Å². The molecular weight excluding hydrogens is 516 g/mol. The first kappa shape index (κ1) is 26.1. The number of aromatic nitrogens is 2. The van der Waals surface area contributed by atoms with Gasteiger partial charge in [0.05, 0.1) is 22.4 Å². The third-order valence-electron chi connectivity index (χ3n) is 6.48. The van der Waals surface area contributed by atoms with Gasteiger partial charge in [-0.1, -0.05) is 84.8 Å². The molecule has 1 aliphatic rings. The molecule has 0 radical (unpaired) electrons. The first-order valence-electron chi connectivity index (χ1n) is 12.7. The Balaban J connectivity index is 1.79. The summed E-state index contributed by atoms with van der Waals surface area (Å²) in [7, 11) is 0. The minimum atomic E-state index is -0.263. The molecule has 38 heavy (non-hydrogen) atoms. The molecule has 0 unspecified atom stereocenters. The van der Waals surface area contributed by atoms with E-state index in [4.69, 9.17) is 16.7 Å². The van der Waals surface area contributed by atoms with Crippen LogP contribution < -0.4 is 10.2 Å². The highest BCUT2D eigenvalue weighted by Crippen LogP contribution is 2.49. The topological polar surface area (TPSA) is 67.2 Å². The van der Waals surface area contributed by atoms with Crippen LogP contribution in [0.3, 0.4) is 0 Å². The van der Waals surface area contributed by atoms with Crippen molar-refractivity contribution in [3.05, 3.63) is 101 Å². The van der Waals surface area contributed by atoms with Crippen molar-refractivity contribution in [2.24, 2.45) is 0 Å². The molecule has 0 bridgehead atoms. The maximum Gasteiger partial charge on any atom is 0.240 e. The van der Waals surface area contributed by atoms with E-state index in [9.17, 15) is 9.59 Å². The monoisotopic (exact) mass is 544 g/mol. The fourth-order valence-electron chi connectivity index (χ4n) is 4.59. The number of amides is 2. The molecule has 1 N–H and O–H groups in total. The van der Waals surface area contributed by atoms with Crippen LogP contribution in [-0.4, -0.2) is 40.4 Å². The summed E-state index contributed by atoms with van der Waals surface area (Å²) in [5.74, 6) is 0.447. The van der Waals surface area contributed by atoms with E-state index < -0.39 is 0 Å². The average Bonchev–Trinajstić information content (AvgIpc) is 3.26. The highest BCUT2D eigenvalue weighted by molar-refractivity contribution is 8.00. The van der Waals surface area contributed by atoms with Gasteiger partial charge in [0.2, 0.25) is 11.8 Å². The van der Waals surface area contributed by atoms with Crippen molar-refractivity contribution in [1.29, 1.82) is 0 Å². The standard InChI is InChI=1S/C30H29ClN4O2S/c1-3-17-32-25(36)18-34-26(37)19-38-29(23-11-7-8-12-24(23)31)27-28(21-9-5-4-6-10-21)33-35(30(27)34)22-15-13-20(2)14-16-22/h4-16,29H,3,17-19H2,1-2H3,(H,32,36)/t29-/m0/s1. The zero-order valence-corrected chi connectivity index (χ0v) is 22.9. The molecular formula is C30H29ClN4O2S. The molecule has 3 aromatic carbocycles. The molecule has 1 aliphatic heterocycles. The zero-order chi connectivity index (χ0) is 26.6. The second kappa shape index (κ2) is 11.5. The van der Waals surface area contributed by atoms with Crippen LogP contribution in [0.25, 0.3) is 16.9 Å². The first-order chi connectivity index (χ1) is 18.5. The number of anilines is 1. The number of halogens is 1. The molecule has 0 fully saturated rings. The molecule has 2 amide bonds. The molecule has 4 aromatic rings. The quantitative estimate of drug-likeness (QED) is 0.301. The SMILES string of the molecule is CCCNC(=O)CN1C(=O)CS[C@@H](c2ccccc2Cl)c2c(-c3ccccc3)nn(-c3ccc(C)cc3)c21. The predicted molar refractivity (Wildman–Crippen MR) is 155 cm³/mol. The smallest absolute Gasteiger partial charge is 0.240 e. The molecule has 194 valence electrons. The Morgan fingerprint density at radius 3 is 2.47 bits per heavy atom. The van der Waals surface area contributed by atoms with E-state index in [1.54, 1.807) is 9.58 Å². The fourth-order valence-corrected chi connectivity index (χ4v) is 6.14. The summed E-state index contributed by atoms with van der Waals surface area (Å²) in [4.78, 5) is 28.2. The van der Waals surface area contributed by atoms with E-state index in [1.165, 1.54) is 11.8 Å². The van der Waals surface area contributed by atoms with Crippen molar-refractivity contribution in [2.45, 2.75) is 25.5 Å². The summed E-state index contributed by atoms with van der Waals surface area (Å²) in [5.41, 5.74) is 5.39. The van der Waals surface area contributed by atoms with Gasteiger partial charge in [0.1, 0.15) is 12.4 Å². The predicted octanol–water partition coefficient (Wildman–Crippen LogP) is 6.20. The lowest BCUT2D eigenvalue weighted by atomic mass is 9.99. The van der Waals surface area contributed by atoms with E-state index >= 15 is 0 Å². The molecule has 6 nitrogen and oxygen atoms in total. The highest BCUT2D eigenvalue weighted by atomic mass is 35.5. The summed E-state index contributed by atoms with van der Waals surface area (Å²) in [6.07, 6.45) is 0.814. The van der Waals surface area contributed by atoms with Crippen LogP contribution in [0.15, 0.2) is 78.9 Å². The van der Waals surface area contributed by atoms with E-state index in [1.807, 2.05) is 92.7 Å².